The van der Waals surface area contributed by atoms with Gasteiger partial charge in [0.05, 0.1) is 12.3 Å². The predicted octanol–water partition coefficient (Wildman–Crippen LogP) is 2.03. The minimum absolute atomic E-state index is 0.143. The van der Waals surface area contributed by atoms with Crippen molar-refractivity contribution in [3.05, 3.63) is 58.0 Å². The van der Waals surface area contributed by atoms with E-state index < -0.39 is 0 Å². The van der Waals surface area contributed by atoms with Crippen molar-refractivity contribution >= 4 is 5.95 Å². The Hall–Kier alpha value is -2.18. The van der Waals surface area contributed by atoms with Crippen LogP contribution in [0.5, 0.6) is 0 Å². The molecule has 0 aliphatic rings. The second-order valence-corrected chi connectivity index (χ2v) is 4.81. The fourth-order valence-electron chi connectivity index (χ4n) is 2.11. The van der Waals surface area contributed by atoms with Gasteiger partial charge in [-0.25, -0.2) is 4.98 Å². The minimum atomic E-state index is -0.232. The van der Waals surface area contributed by atoms with E-state index >= 15 is 0 Å². The molecule has 0 fully saturated rings. The lowest BCUT2D eigenvalue weighted by molar-refractivity contribution is 0.139. The first-order valence-corrected chi connectivity index (χ1v) is 7.78. The Kier molecular flexibility index (Phi) is 8.64. The number of rotatable bonds is 7. The van der Waals surface area contributed by atoms with Gasteiger partial charge >= 0.3 is 0 Å². The number of methoxy groups -OCH3 is 1. The Morgan fingerprint density at radius 3 is 2.52 bits per heavy atom. The van der Waals surface area contributed by atoms with Crippen LogP contribution in [0, 0.1) is 0 Å². The highest BCUT2D eigenvalue weighted by Crippen LogP contribution is 2.08. The molecule has 2 rings (SSSR count). The van der Waals surface area contributed by atoms with E-state index in [0.717, 1.165) is 13.1 Å². The molecule has 0 unspecified atom stereocenters. The van der Waals surface area contributed by atoms with Crippen LogP contribution in [0.15, 0.2) is 41.2 Å². The lowest BCUT2D eigenvalue weighted by Crippen LogP contribution is -2.28. The first-order chi connectivity index (χ1) is 11.2. The summed E-state index contributed by atoms with van der Waals surface area (Å²) in [5, 5.41) is 0. The molecule has 6 nitrogen and oxygen atoms in total. The van der Waals surface area contributed by atoms with Crippen LogP contribution in [0.25, 0.3) is 0 Å². The van der Waals surface area contributed by atoms with Crippen LogP contribution < -0.4 is 11.3 Å². The minimum Gasteiger partial charge on any atom is -0.383 e. The summed E-state index contributed by atoms with van der Waals surface area (Å²) in [5.74, 6) is 0.143. The number of hydrogen-bond acceptors (Lipinski definition) is 5. The normalized spacial score (nSPS) is 10.3. The largest absolute Gasteiger partial charge is 0.383 e. The van der Waals surface area contributed by atoms with Crippen molar-refractivity contribution < 1.29 is 4.74 Å². The van der Waals surface area contributed by atoms with E-state index in [0.29, 0.717) is 18.8 Å². The van der Waals surface area contributed by atoms with Crippen LogP contribution in [0.1, 0.15) is 25.1 Å². The maximum Gasteiger partial charge on any atom is 0.252 e. The van der Waals surface area contributed by atoms with E-state index in [4.69, 9.17) is 10.5 Å². The van der Waals surface area contributed by atoms with Gasteiger partial charge in [0.2, 0.25) is 5.95 Å². The van der Waals surface area contributed by atoms with E-state index in [1.807, 2.05) is 32.0 Å². The summed E-state index contributed by atoms with van der Waals surface area (Å²) in [6.45, 7) is 6.68. The SMILES string of the molecule is CC.COCCN(Cc1ccccc1)Cc1cc(=O)[nH]c(N)n1. The average molecular weight is 318 g/mol. The summed E-state index contributed by atoms with van der Waals surface area (Å²) in [6.07, 6.45) is 0. The number of nitrogens with one attached hydrogen (secondary N) is 1. The van der Waals surface area contributed by atoms with Gasteiger partial charge in [-0.05, 0) is 5.56 Å². The van der Waals surface area contributed by atoms with Crippen molar-refractivity contribution in [1.29, 1.82) is 0 Å². The van der Waals surface area contributed by atoms with Gasteiger partial charge in [-0.1, -0.05) is 44.2 Å². The maximum absolute atomic E-state index is 11.4. The summed E-state index contributed by atoms with van der Waals surface area (Å²) in [6, 6.07) is 11.6. The third kappa shape index (κ3) is 7.08. The molecule has 3 N–H and O–H groups in total. The Morgan fingerprint density at radius 1 is 1.22 bits per heavy atom. The number of benzene rings is 1. The van der Waals surface area contributed by atoms with Gasteiger partial charge in [0.25, 0.3) is 5.56 Å². The topological polar surface area (TPSA) is 84.2 Å². The van der Waals surface area contributed by atoms with Gasteiger partial charge in [-0.2, -0.15) is 0 Å². The van der Waals surface area contributed by atoms with Crippen molar-refractivity contribution in [3.63, 3.8) is 0 Å². The molecule has 2 aromatic rings. The molecule has 0 saturated heterocycles. The first-order valence-electron chi connectivity index (χ1n) is 7.78. The van der Waals surface area contributed by atoms with Gasteiger partial charge in [0.15, 0.2) is 0 Å². The van der Waals surface area contributed by atoms with Crippen LogP contribution in [-0.2, 0) is 17.8 Å². The molecule has 0 spiro atoms. The molecule has 0 saturated carbocycles. The van der Waals surface area contributed by atoms with E-state index in [-0.39, 0.29) is 11.5 Å². The van der Waals surface area contributed by atoms with Gasteiger partial charge in [0.1, 0.15) is 0 Å². The molecular formula is C17H26N4O2. The van der Waals surface area contributed by atoms with E-state index in [2.05, 4.69) is 27.0 Å². The molecule has 0 aliphatic heterocycles. The summed E-state index contributed by atoms with van der Waals surface area (Å²) < 4.78 is 5.14. The summed E-state index contributed by atoms with van der Waals surface area (Å²) in [7, 11) is 1.67. The molecule has 0 amide bonds. The lowest BCUT2D eigenvalue weighted by Gasteiger charge is -2.21. The Labute approximate surface area is 137 Å². The fourth-order valence-corrected chi connectivity index (χ4v) is 2.11. The van der Waals surface area contributed by atoms with E-state index in [9.17, 15) is 4.79 Å². The molecule has 1 aromatic carbocycles. The number of ether oxygens (including phenoxy) is 1. The van der Waals surface area contributed by atoms with Crippen LogP contribution >= 0.6 is 0 Å². The molecule has 6 heteroatoms. The molecular weight excluding hydrogens is 292 g/mol. The second-order valence-electron chi connectivity index (χ2n) is 4.81. The Bertz CT molecular complexity index is 613. The smallest absolute Gasteiger partial charge is 0.252 e. The number of nitrogens with zero attached hydrogens (tertiary/aromatic N) is 2. The quantitative estimate of drug-likeness (QED) is 0.816. The predicted molar refractivity (Wildman–Crippen MR) is 93.1 cm³/mol. The number of H-pyrrole nitrogens is 1. The molecule has 0 radical (unpaired) electrons. The Morgan fingerprint density at radius 2 is 1.91 bits per heavy atom. The van der Waals surface area contributed by atoms with E-state index in [1.54, 1.807) is 7.11 Å². The van der Waals surface area contributed by atoms with Crippen LogP contribution in [0.4, 0.5) is 5.95 Å². The van der Waals surface area contributed by atoms with Crippen LogP contribution in [-0.4, -0.2) is 35.1 Å². The van der Waals surface area contributed by atoms with Gasteiger partial charge in [-0.15, -0.1) is 0 Å². The third-order valence-corrected chi connectivity index (χ3v) is 3.06. The second kappa shape index (κ2) is 10.5. The summed E-state index contributed by atoms with van der Waals surface area (Å²) in [4.78, 5) is 20.2. The molecule has 1 heterocycles. The number of aromatic nitrogens is 2. The van der Waals surface area contributed by atoms with Gasteiger partial charge < -0.3 is 10.5 Å². The first kappa shape index (κ1) is 18.9. The van der Waals surface area contributed by atoms with Crippen LogP contribution in [0.3, 0.4) is 0 Å². The lowest BCUT2D eigenvalue weighted by atomic mass is 10.2. The number of anilines is 1. The molecule has 0 aliphatic carbocycles. The highest BCUT2D eigenvalue weighted by Gasteiger charge is 2.09. The number of nitrogen functional groups attached to an aromatic ring is 1. The Balaban J connectivity index is 0.00000127. The third-order valence-electron chi connectivity index (χ3n) is 3.06. The van der Waals surface area contributed by atoms with Crippen molar-refractivity contribution in [1.82, 2.24) is 14.9 Å². The average Bonchev–Trinajstić information content (AvgIpc) is 2.54. The number of hydrogen-bond donors (Lipinski definition) is 2. The molecule has 0 bridgehead atoms. The molecule has 126 valence electrons. The molecule has 0 atom stereocenters. The zero-order chi connectivity index (χ0) is 17.1. The number of nitrogens with two attached hydrogens (primary N) is 1. The fraction of sp³-hybridized carbons (Fsp3) is 0.412. The highest BCUT2D eigenvalue weighted by molar-refractivity contribution is 5.18. The van der Waals surface area contributed by atoms with Crippen molar-refractivity contribution in [3.8, 4) is 0 Å². The zero-order valence-electron chi connectivity index (χ0n) is 14.1. The zero-order valence-corrected chi connectivity index (χ0v) is 14.1. The summed E-state index contributed by atoms with van der Waals surface area (Å²) in [5.41, 5.74) is 7.20. The van der Waals surface area contributed by atoms with Gasteiger partial charge in [-0.3, -0.25) is 14.7 Å². The number of aromatic amines is 1. The molecule has 23 heavy (non-hydrogen) atoms. The monoisotopic (exact) mass is 318 g/mol. The van der Waals surface area contributed by atoms with Crippen molar-refractivity contribution in [2.45, 2.75) is 26.9 Å². The highest BCUT2D eigenvalue weighted by atomic mass is 16.5. The maximum atomic E-state index is 11.4. The van der Waals surface area contributed by atoms with E-state index in [1.165, 1.54) is 11.6 Å². The van der Waals surface area contributed by atoms with Crippen molar-refractivity contribution in [2.24, 2.45) is 0 Å². The summed E-state index contributed by atoms with van der Waals surface area (Å²) >= 11 is 0. The van der Waals surface area contributed by atoms with Crippen molar-refractivity contribution in [2.75, 3.05) is 26.0 Å². The standard InChI is InChI=1S/C15H20N4O2.C2H6/c1-21-8-7-19(10-12-5-3-2-4-6-12)11-13-9-14(20)18-15(16)17-13;1-2/h2-6,9H,7-8,10-11H2,1H3,(H3,16,17,18,20);1-2H3. The van der Waals surface area contributed by atoms with Crippen LogP contribution in [0.2, 0.25) is 0 Å². The van der Waals surface area contributed by atoms with Gasteiger partial charge in [0, 0.05) is 32.8 Å². The molecule has 1 aromatic heterocycles.